The molecule has 0 radical (unpaired) electrons. The molecule has 0 saturated heterocycles. The zero-order chi connectivity index (χ0) is 14.1. The molecule has 0 amide bonds. The summed E-state index contributed by atoms with van der Waals surface area (Å²) in [7, 11) is 0. The Balaban J connectivity index is 3.16. The maximum Gasteiger partial charge on any atom is 0.416 e. The van der Waals surface area contributed by atoms with Gasteiger partial charge < -0.3 is 10.8 Å². The second-order valence-corrected chi connectivity index (χ2v) is 5.35. The number of aliphatic hydroxyl groups excluding tert-OH is 1. The Bertz CT molecular complexity index is 420. The number of hydrogen-bond donors (Lipinski definition) is 2. The lowest BCUT2D eigenvalue weighted by molar-refractivity contribution is -0.137. The number of halogens is 4. The molecular formula is C12H15BrF3NO. The summed E-state index contributed by atoms with van der Waals surface area (Å²) in [5, 5.41) is 9.84. The van der Waals surface area contributed by atoms with Gasteiger partial charge in [-0.2, -0.15) is 13.2 Å². The first-order valence-corrected chi connectivity index (χ1v) is 6.24. The van der Waals surface area contributed by atoms with Gasteiger partial charge in [0.2, 0.25) is 0 Å². The molecule has 1 rings (SSSR count). The zero-order valence-electron chi connectivity index (χ0n) is 10.0. The van der Waals surface area contributed by atoms with Gasteiger partial charge in [-0.25, -0.2) is 0 Å². The molecule has 2 atom stereocenters. The van der Waals surface area contributed by atoms with Gasteiger partial charge in [0, 0.05) is 4.47 Å². The number of aliphatic hydroxyl groups is 1. The van der Waals surface area contributed by atoms with Gasteiger partial charge in [-0.15, -0.1) is 0 Å². The molecule has 2 nitrogen and oxygen atoms in total. The highest BCUT2D eigenvalue weighted by Gasteiger charge is 2.32. The summed E-state index contributed by atoms with van der Waals surface area (Å²) in [6.45, 7) is 3.51. The van der Waals surface area contributed by atoms with Crippen LogP contribution in [0.25, 0.3) is 0 Å². The van der Waals surface area contributed by atoms with Gasteiger partial charge in [0.1, 0.15) is 0 Å². The third-order valence-corrected chi connectivity index (χ3v) is 3.46. The molecule has 18 heavy (non-hydrogen) atoms. The van der Waals surface area contributed by atoms with Gasteiger partial charge in [-0.1, -0.05) is 29.8 Å². The maximum atomic E-state index is 12.6. The van der Waals surface area contributed by atoms with E-state index in [0.29, 0.717) is 4.47 Å². The predicted octanol–water partition coefficient (Wildman–Crippen LogP) is 3.48. The highest BCUT2D eigenvalue weighted by molar-refractivity contribution is 9.10. The second kappa shape index (κ2) is 5.59. The lowest BCUT2D eigenvalue weighted by atomic mass is 9.93. The van der Waals surface area contributed by atoms with E-state index in [0.717, 1.165) is 12.1 Å². The van der Waals surface area contributed by atoms with Crippen LogP contribution in [-0.2, 0) is 6.18 Å². The van der Waals surface area contributed by atoms with E-state index in [1.165, 1.54) is 6.07 Å². The van der Waals surface area contributed by atoms with Crippen LogP contribution in [0.2, 0.25) is 0 Å². The van der Waals surface area contributed by atoms with Crippen molar-refractivity contribution in [3.63, 3.8) is 0 Å². The summed E-state index contributed by atoms with van der Waals surface area (Å²) in [6, 6.07) is 2.38. The van der Waals surface area contributed by atoms with E-state index >= 15 is 0 Å². The van der Waals surface area contributed by atoms with Crippen molar-refractivity contribution < 1.29 is 18.3 Å². The van der Waals surface area contributed by atoms with Gasteiger partial charge in [-0.3, -0.25) is 0 Å². The van der Waals surface area contributed by atoms with Gasteiger partial charge in [-0.05, 0) is 29.7 Å². The molecule has 102 valence electrons. The van der Waals surface area contributed by atoms with E-state index < -0.39 is 23.9 Å². The van der Waals surface area contributed by atoms with Crippen LogP contribution in [0, 0.1) is 5.92 Å². The monoisotopic (exact) mass is 325 g/mol. The Morgan fingerprint density at radius 3 is 2.28 bits per heavy atom. The van der Waals surface area contributed by atoms with Gasteiger partial charge in [0.25, 0.3) is 0 Å². The first-order chi connectivity index (χ1) is 8.14. The number of nitrogens with two attached hydrogens (primary N) is 1. The molecule has 0 aromatic heterocycles. The number of rotatable bonds is 3. The number of benzene rings is 1. The minimum atomic E-state index is -4.42. The Kier molecular flexibility index (Phi) is 4.80. The fourth-order valence-corrected chi connectivity index (χ4v) is 2.09. The topological polar surface area (TPSA) is 46.2 Å². The van der Waals surface area contributed by atoms with Crippen LogP contribution in [0.15, 0.2) is 22.7 Å². The van der Waals surface area contributed by atoms with Gasteiger partial charge in [0.15, 0.2) is 0 Å². The number of hydrogen-bond acceptors (Lipinski definition) is 2. The molecular weight excluding hydrogens is 311 g/mol. The minimum absolute atomic E-state index is 0.138. The summed E-state index contributed by atoms with van der Waals surface area (Å²) in [5.74, 6) is -0.138. The second-order valence-electron chi connectivity index (χ2n) is 4.49. The van der Waals surface area contributed by atoms with Crippen molar-refractivity contribution >= 4 is 15.9 Å². The normalized spacial score (nSPS) is 15.8. The summed E-state index contributed by atoms with van der Waals surface area (Å²) < 4.78 is 38.3. The van der Waals surface area contributed by atoms with Gasteiger partial charge in [0.05, 0.1) is 17.7 Å². The van der Waals surface area contributed by atoms with Gasteiger partial charge >= 0.3 is 6.18 Å². The lowest BCUT2D eigenvalue weighted by Gasteiger charge is -2.24. The van der Waals surface area contributed by atoms with Crippen LogP contribution in [0.1, 0.15) is 31.0 Å². The third kappa shape index (κ3) is 3.46. The average Bonchev–Trinajstić information content (AvgIpc) is 2.26. The standard InChI is InChI=1S/C12H15BrF3NO/c1-6(2)11(18)10(17)8-5-7(12(14,15)16)3-4-9(8)13/h3-6,10-11,18H,17H2,1-2H3/t10-,11+/m1/s1. The van der Waals surface area contributed by atoms with Crippen LogP contribution in [0.4, 0.5) is 13.2 Å². The quantitative estimate of drug-likeness (QED) is 0.893. The van der Waals surface area contributed by atoms with Crippen molar-refractivity contribution in [2.45, 2.75) is 32.2 Å². The summed E-state index contributed by atoms with van der Waals surface area (Å²) >= 11 is 3.16. The Morgan fingerprint density at radius 1 is 1.28 bits per heavy atom. The van der Waals surface area contributed by atoms with E-state index in [2.05, 4.69) is 15.9 Å². The predicted molar refractivity (Wildman–Crippen MR) is 66.9 cm³/mol. The molecule has 0 aliphatic carbocycles. The smallest absolute Gasteiger partial charge is 0.391 e. The highest BCUT2D eigenvalue weighted by Crippen LogP contribution is 2.34. The fraction of sp³-hybridized carbons (Fsp3) is 0.500. The van der Waals surface area contributed by atoms with Crippen molar-refractivity contribution in [1.82, 2.24) is 0 Å². The SMILES string of the molecule is CC(C)[C@H](O)[C@H](N)c1cc(C(F)(F)F)ccc1Br. The molecule has 0 saturated carbocycles. The van der Waals surface area contributed by atoms with Crippen LogP contribution >= 0.6 is 15.9 Å². The first kappa shape index (κ1) is 15.5. The molecule has 0 aliphatic heterocycles. The van der Waals surface area contributed by atoms with E-state index in [9.17, 15) is 18.3 Å². The van der Waals surface area contributed by atoms with E-state index in [4.69, 9.17) is 5.73 Å². The van der Waals surface area contributed by atoms with E-state index in [1.807, 2.05) is 0 Å². The average molecular weight is 326 g/mol. The van der Waals surface area contributed by atoms with Crippen LogP contribution in [-0.4, -0.2) is 11.2 Å². The van der Waals surface area contributed by atoms with Crippen LogP contribution in [0.3, 0.4) is 0 Å². The van der Waals surface area contributed by atoms with Crippen molar-refractivity contribution in [2.75, 3.05) is 0 Å². The molecule has 0 heterocycles. The highest BCUT2D eigenvalue weighted by atomic mass is 79.9. The van der Waals surface area contributed by atoms with Crippen molar-refractivity contribution in [2.24, 2.45) is 11.7 Å². The maximum absolute atomic E-state index is 12.6. The minimum Gasteiger partial charge on any atom is -0.391 e. The Morgan fingerprint density at radius 2 is 1.83 bits per heavy atom. The largest absolute Gasteiger partial charge is 0.416 e. The molecule has 3 N–H and O–H groups in total. The Labute approximate surface area is 112 Å². The van der Waals surface area contributed by atoms with Crippen LogP contribution in [0.5, 0.6) is 0 Å². The van der Waals surface area contributed by atoms with E-state index in [1.54, 1.807) is 13.8 Å². The van der Waals surface area contributed by atoms with Crippen molar-refractivity contribution in [3.05, 3.63) is 33.8 Å². The fourth-order valence-electron chi connectivity index (χ4n) is 1.57. The first-order valence-electron chi connectivity index (χ1n) is 5.45. The lowest BCUT2D eigenvalue weighted by Crippen LogP contribution is -2.31. The molecule has 0 spiro atoms. The molecule has 0 unspecified atom stereocenters. The molecule has 0 aliphatic rings. The summed E-state index contributed by atoms with van der Waals surface area (Å²) in [5.41, 5.74) is 5.29. The molecule has 6 heteroatoms. The van der Waals surface area contributed by atoms with Crippen molar-refractivity contribution in [3.8, 4) is 0 Å². The zero-order valence-corrected chi connectivity index (χ0v) is 11.6. The van der Waals surface area contributed by atoms with Crippen LogP contribution < -0.4 is 5.73 Å². The summed E-state index contributed by atoms with van der Waals surface area (Å²) in [4.78, 5) is 0. The Hall–Kier alpha value is -0.590. The molecule has 1 aromatic carbocycles. The molecule has 0 bridgehead atoms. The summed E-state index contributed by atoms with van der Waals surface area (Å²) in [6.07, 6.45) is -5.32. The van der Waals surface area contributed by atoms with E-state index in [-0.39, 0.29) is 11.5 Å². The molecule has 0 fully saturated rings. The number of alkyl halides is 3. The third-order valence-electron chi connectivity index (χ3n) is 2.73. The molecule has 1 aromatic rings. The van der Waals surface area contributed by atoms with Crippen molar-refractivity contribution in [1.29, 1.82) is 0 Å².